The van der Waals surface area contributed by atoms with Gasteiger partial charge < -0.3 is 0 Å². The van der Waals surface area contributed by atoms with Crippen LogP contribution >= 0.6 is 0 Å². The highest BCUT2D eigenvalue weighted by Gasteiger charge is 2.03. The first-order valence-electron chi connectivity index (χ1n) is 3.00. The van der Waals surface area contributed by atoms with Gasteiger partial charge in [-0.15, -0.1) is 0 Å². The van der Waals surface area contributed by atoms with Gasteiger partial charge >= 0.3 is 6.03 Å². The van der Waals surface area contributed by atoms with E-state index < -0.39 is 6.03 Å². The summed E-state index contributed by atoms with van der Waals surface area (Å²) in [4.78, 5) is 24.9. The van der Waals surface area contributed by atoms with E-state index in [9.17, 15) is 9.59 Å². The lowest BCUT2D eigenvalue weighted by Crippen LogP contribution is -2.31. The first-order chi connectivity index (χ1) is 5.20. The van der Waals surface area contributed by atoms with Gasteiger partial charge in [0, 0.05) is 19.3 Å². The maximum Gasteiger partial charge on any atom is 0.333 e. The van der Waals surface area contributed by atoms with E-state index in [4.69, 9.17) is 0 Å². The molecule has 1 heterocycles. The van der Waals surface area contributed by atoms with E-state index in [2.05, 4.69) is 10.3 Å². The Morgan fingerprint density at radius 1 is 1.55 bits per heavy atom. The SMILES string of the molecule is CC(=O)NC(=O)n1ccnc1. The molecule has 58 valence electrons. The fourth-order valence-corrected chi connectivity index (χ4v) is 0.594. The second-order valence-corrected chi connectivity index (χ2v) is 1.96. The van der Waals surface area contributed by atoms with Crippen LogP contribution in [-0.2, 0) is 4.79 Å². The molecule has 5 nitrogen and oxygen atoms in total. The van der Waals surface area contributed by atoms with Gasteiger partial charge in [0.05, 0.1) is 0 Å². The van der Waals surface area contributed by atoms with Crippen LogP contribution < -0.4 is 5.32 Å². The number of amides is 2. The molecule has 0 bridgehead atoms. The third-order valence-corrected chi connectivity index (χ3v) is 1.02. The van der Waals surface area contributed by atoms with Crippen LogP contribution in [0.15, 0.2) is 18.7 Å². The van der Waals surface area contributed by atoms with E-state index in [-0.39, 0.29) is 5.91 Å². The van der Waals surface area contributed by atoms with E-state index in [1.165, 1.54) is 30.2 Å². The Kier molecular flexibility index (Phi) is 2.00. The van der Waals surface area contributed by atoms with Gasteiger partial charge in [-0.2, -0.15) is 0 Å². The van der Waals surface area contributed by atoms with Crippen LogP contribution in [0.1, 0.15) is 6.92 Å². The molecule has 5 heteroatoms. The highest BCUT2D eigenvalue weighted by atomic mass is 16.2. The van der Waals surface area contributed by atoms with Crippen molar-refractivity contribution in [1.29, 1.82) is 0 Å². The summed E-state index contributed by atoms with van der Waals surface area (Å²) in [5, 5.41) is 2.09. The predicted octanol–water partition coefficient (Wildman–Crippen LogP) is -0.0127. The Labute approximate surface area is 63.0 Å². The molecule has 0 aliphatic heterocycles. The molecule has 0 fully saturated rings. The van der Waals surface area contributed by atoms with E-state index in [1.54, 1.807) is 0 Å². The zero-order valence-corrected chi connectivity index (χ0v) is 5.94. The molecule has 0 aromatic carbocycles. The minimum Gasteiger partial charge on any atom is -0.278 e. The van der Waals surface area contributed by atoms with Gasteiger partial charge in [0.1, 0.15) is 6.33 Å². The predicted molar refractivity (Wildman–Crippen MR) is 36.8 cm³/mol. The number of nitrogens with zero attached hydrogens (tertiary/aromatic N) is 2. The second-order valence-electron chi connectivity index (χ2n) is 1.96. The highest BCUT2D eigenvalue weighted by molar-refractivity contribution is 5.93. The van der Waals surface area contributed by atoms with Gasteiger partial charge in [0.15, 0.2) is 0 Å². The van der Waals surface area contributed by atoms with Gasteiger partial charge in [-0.05, 0) is 0 Å². The van der Waals surface area contributed by atoms with Crippen molar-refractivity contribution >= 4 is 11.9 Å². The lowest BCUT2D eigenvalue weighted by Gasteiger charge is -1.98. The molecule has 1 aromatic rings. The average molecular weight is 153 g/mol. The molecule has 0 aliphatic rings. The maximum atomic E-state index is 10.9. The fraction of sp³-hybridized carbons (Fsp3) is 0.167. The van der Waals surface area contributed by atoms with Gasteiger partial charge in [-0.25, -0.2) is 9.78 Å². The topological polar surface area (TPSA) is 64.0 Å². The Bertz CT molecular complexity index is 265. The number of carbonyl (C=O) groups excluding carboxylic acids is 2. The van der Waals surface area contributed by atoms with Crippen LogP contribution in [0.5, 0.6) is 0 Å². The van der Waals surface area contributed by atoms with Crippen LogP contribution in [0.4, 0.5) is 4.79 Å². The Balaban J connectivity index is 2.64. The summed E-state index contributed by atoms with van der Waals surface area (Å²) in [5.41, 5.74) is 0. The Hall–Kier alpha value is -1.65. The summed E-state index contributed by atoms with van der Waals surface area (Å²) in [5.74, 6) is -0.385. The largest absolute Gasteiger partial charge is 0.333 e. The van der Waals surface area contributed by atoms with Crippen LogP contribution in [0.2, 0.25) is 0 Å². The van der Waals surface area contributed by atoms with E-state index >= 15 is 0 Å². The summed E-state index contributed by atoms with van der Waals surface area (Å²) in [6.07, 6.45) is 4.23. The quantitative estimate of drug-likeness (QED) is 0.570. The van der Waals surface area contributed by atoms with Crippen molar-refractivity contribution in [2.45, 2.75) is 6.92 Å². The van der Waals surface area contributed by atoms with Crippen LogP contribution in [0.25, 0.3) is 0 Å². The summed E-state index contributed by atoms with van der Waals surface area (Å²) < 4.78 is 1.18. The van der Waals surface area contributed by atoms with Crippen LogP contribution in [0.3, 0.4) is 0 Å². The molecule has 0 radical (unpaired) electrons. The smallest absolute Gasteiger partial charge is 0.278 e. The molecule has 1 rings (SSSR count). The number of rotatable bonds is 0. The van der Waals surface area contributed by atoms with Gasteiger partial charge in [0.2, 0.25) is 5.91 Å². The zero-order chi connectivity index (χ0) is 8.27. The van der Waals surface area contributed by atoms with Crippen LogP contribution in [-0.4, -0.2) is 21.5 Å². The van der Waals surface area contributed by atoms with Crippen molar-refractivity contribution < 1.29 is 9.59 Å². The average Bonchev–Trinajstić information content (AvgIpc) is 2.35. The number of nitrogens with one attached hydrogen (secondary N) is 1. The van der Waals surface area contributed by atoms with Crippen molar-refractivity contribution in [2.75, 3.05) is 0 Å². The monoisotopic (exact) mass is 153 g/mol. The Morgan fingerprint density at radius 2 is 2.27 bits per heavy atom. The molecular formula is C6H7N3O2. The lowest BCUT2D eigenvalue weighted by atomic mass is 10.7. The molecule has 11 heavy (non-hydrogen) atoms. The summed E-state index contributed by atoms with van der Waals surface area (Å²) in [6.45, 7) is 1.27. The second kappa shape index (κ2) is 2.96. The lowest BCUT2D eigenvalue weighted by molar-refractivity contribution is -0.117. The van der Waals surface area contributed by atoms with Gasteiger partial charge in [0.25, 0.3) is 0 Å². The number of aromatic nitrogens is 2. The first kappa shape index (κ1) is 7.46. The van der Waals surface area contributed by atoms with E-state index in [0.717, 1.165) is 0 Å². The highest BCUT2D eigenvalue weighted by Crippen LogP contribution is 1.83. The van der Waals surface area contributed by atoms with Crippen molar-refractivity contribution in [1.82, 2.24) is 14.9 Å². The zero-order valence-electron chi connectivity index (χ0n) is 5.94. The number of imidazole rings is 1. The first-order valence-corrected chi connectivity index (χ1v) is 3.00. The standard InChI is InChI=1S/C6H7N3O2/c1-5(10)8-6(11)9-3-2-7-4-9/h2-4H,1H3,(H,8,10,11). The van der Waals surface area contributed by atoms with Crippen LogP contribution in [0, 0.1) is 0 Å². The minimum absolute atomic E-state index is 0.385. The third kappa shape index (κ3) is 1.89. The molecule has 0 saturated heterocycles. The number of carbonyl (C=O) groups is 2. The molecule has 0 saturated carbocycles. The van der Waals surface area contributed by atoms with Crippen molar-refractivity contribution in [3.8, 4) is 0 Å². The summed E-state index contributed by atoms with van der Waals surface area (Å²) in [6, 6.07) is -0.491. The van der Waals surface area contributed by atoms with Gasteiger partial charge in [-0.3, -0.25) is 14.7 Å². The molecule has 2 amide bonds. The maximum absolute atomic E-state index is 10.9. The van der Waals surface area contributed by atoms with Crippen molar-refractivity contribution in [3.05, 3.63) is 18.7 Å². The summed E-state index contributed by atoms with van der Waals surface area (Å²) >= 11 is 0. The van der Waals surface area contributed by atoms with E-state index in [1.807, 2.05) is 0 Å². The number of imide groups is 1. The van der Waals surface area contributed by atoms with Crippen molar-refractivity contribution in [3.63, 3.8) is 0 Å². The molecule has 0 aliphatic carbocycles. The van der Waals surface area contributed by atoms with Crippen molar-refractivity contribution in [2.24, 2.45) is 0 Å². The number of hydrogen-bond donors (Lipinski definition) is 1. The molecule has 0 spiro atoms. The molecular weight excluding hydrogens is 146 g/mol. The number of hydrogen-bond acceptors (Lipinski definition) is 3. The molecule has 1 N–H and O–H groups in total. The Morgan fingerprint density at radius 3 is 2.73 bits per heavy atom. The third-order valence-electron chi connectivity index (χ3n) is 1.02. The molecule has 1 aromatic heterocycles. The molecule has 0 atom stereocenters. The normalized spacial score (nSPS) is 9.18. The fourth-order valence-electron chi connectivity index (χ4n) is 0.594. The molecule has 0 unspecified atom stereocenters. The van der Waals surface area contributed by atoms with Gasteiger partial charge in [-0.1, -0.05) is 0 Å². The van der Waals surface area contributed by atoms with E-state index in [0.29, 0.717) is 0 Å². The minimum atomic E-state index is -0.491. The summed E-state index contributed by atoms with van der Waals surface area (Å²) in [7, 11) is 0.